The maximum absolute atomic E-state index is 11.8. The zero-order valence-electron chi connectivity index (χ0n) is 14.9. The maximum Gasteiger partial charge on any atom is 0.355 e. The maximum atomic E-state index is 11.8. The van der Waals surface area contributed by atoms with E-state index in [2.05, 4.69) is 21.1 Å². The molecule has 0 radical (unpaired) electrons. The average molecular weight is 384 g/mol. The number of carbonyl (C=O) groups excluding carboxylic acids is 1. The first-order valence-corrected chi connectivity index (χ1v) is 7.92. The van der Waals surface area contributed by atoms with Crippen LogP contribution in [0.1, 0.15) is 25.0 Å². The predicted octanol–water partition coefficient (Wildman–Crippen LogP) is 2.95. The highest BCUT2D eigenvalue weighted by molar-refractivity contribution is 6.00. The number of rotatable bonds is 6. The normalized spacial score (nSPS) is 11.6. The van der Waals surface area contributed by atoms with Crippen LogP contribution in [-0.2, 0) is 0 Å². The summed E-state index contributed by atoms with van der Waals surface area (Å²) in [4.78, 5) is 32.1. The van der Waals surface area contributed by atoms with E-state index in [1.807, 2.05) is 0 Å². The smallest absolute Gasteiger partial charge is 0.258 e. The monoisotopic (exact) mass is 384 g/mol. The van der Waals surface area contributed by atoms with Crippen LogP contribution < -0.4 is 10.9 Å². The SMILES string of the molecule is C/C(=N\NC(=O)N/N=C(\C)c1ccc([N+](=O)[O-])cc1)c1ccc([N+](=O)[O-])cc1. The topological polar surface area (TPSA) is 152 Å². The molecule has 2 aromatic carbocycles. The molecule has 0 spiro atoms. The van der Waals surface area contributed by atoms with Crippen LogP contribution in [0.15, 0.2) is 58.7 Å². The zero-order valence-corrected chi connectivity index (χ0v) is 14.9. The van der Waals surface area contributed by atoms with Gasteiger partial charge < -0.3 is 0 Å². The third kappa shape index (κ3) is 5.42. The van der Waals surface area contributed by atoms with Crippen molar-refractivity contribution in [2.45, 2.75) is 13.8 Å². The molecule has 0 fully saturated rings. The lowest BCUT2D eigenvalue weighted by molar-refractivity contribution is -0.385. The molecule has 2 rings (SSSR count). The highest BCUT2D eigenvalue weighted by Crippen LogP contribution is 2.13. The lowest BCUT2D eigenvalue weighted by atomic mass is 10.1. The van der Waals surface area contributed by atoms with Crippen molar-refractivity contribution in [3.05, 3.63) is 79.9 Å². The van der Waals surface area contributed by atoms with Crippen LogP contribution in [-0.4, -0.2) is 27.3 Å². The summed E-state index contributed by atoms with van der Waals surface area (Å²) in [6.45, 7) is 3.26. The number of carbonyl (C=O) groups is 1. The summed E-state index contributed by atoms with van der Waals surface area (Å²) in [5, 5.41) is 29.1. The van der Waals surface area contributed by atoms with E-state index in [9.17, 15) is 25.0 Å². The van der Waals surface area contributed by atoms with Crippen LogP contribution >= 0.6 is 0 Å². The van der Waals surface area contributed by atoms with Gasteiger partial charge in [0.25, 0.3) is 11.4 Å². The van der Waals surface area contributed by atoms with Gasteiger partial charge in [0.2, 0.25) is 0 Å². The van der Waals surface area contributed by atoms with Gasteiger partial charge in [-0.05, 0) is 49.2 Å². The van der Waals surface area contributed by atoms with Gasteiger partial charge in [-0.3, -0.25) is 20.2 Å². The summed E-state index contributed by atoms with van der Waals surface area (Å²) >= 11 is 0. The molecular formula is C17H16N6O5. The number of nitrogens with zero attached hydrogens (tertiary/aromatic N) is 4. The van der Waals surface area contributed by atoms with Crippen molar-refractivity contribution in [3.8, 4) is 0 Å². The Labute approximate surface area is 159 Å². The highest BCUT2D eigenvalue weighted by atomic mass is 16.6. The van der Waals surface area contributed by atoms with Crippen LogP contribution in [0.25, 0.3) is 0 Å². The van der Waals surface area contributed by atoms with E-state index in [-0.39, 0.29) is 11.4 Å². The van der Waals surface area contributed by atoms with Crippen molar-refractivity contribution in [3.63, 3.8) is 0 Å². The van der Waals surface area contributed by atoms with E-state index in [4.69, 9.17) is 0 Å². The molecule has 0 aliphatic heterocycles. The Hall–Kier alpha value is -4.15. The summed E-state index contributed by atoms with van der Waals surface area (Å²) in [5.41, 5.74) is 6.53. The lowest BCUT2D eigenvalue weighted by Gasteiger charge is -2.04. The molecule has 0 aromatic heterocycles. The number of hydrazone groups is 2. The third-order valence-corrected chi connectivity index (χ3v) is 3.64. The van der Waals surface area contributed by atoms with Crippen LogP contribution in [0, 0.1) is 20.2 Å². The van der Waals surface area contributed by atoms with Gasteiger partial charge in [-0.2, -0.15) is 10.2 Å². The first-order chi connectivity index (χ1) is 13.3. The minimum absolute atomic E-state index is 0.0432. The summed E-state index contributed by atoms with van der Waals surface area (Å²) in [7, 11) is 0. The number of benzene rings is 2. The van der Waals surface area contributed by atoms with Crippen LogP contribution in [0.5, 0.6) is 0 Å². The minimum atomic E-state index is -0.692. The van der Waals surface area contributed by atoms with E-state index in [0.29, 0.717) is 22.6 Å². The van der Waals surface area contributed by atoms with Gasteiger partial charge in [0.15, 0.2) is 0 Å². The predicted molar refractivity (Wildman–Crippen MR) is 102 cm³/mol. The van der Waals surface area contributed by atoms with Gasteiger partial charge >= 0.3 is 6.03 Å². The van der Waals surface area contributed by atoms with Crippen molar-refractivity contribution >= 4 is 28.8 Å². The van der Waals surface area contributed by atoms with E-state index >= 15 is 0 Å². The first kappa shape index (κ1) is 20.2. The Balaban J connectivity index is 1.95. The largest absolute Gasteiger partial charge is 0.355 e. The molecule has 2 amide bonds. The summed E-state index contributed by atoms with van der Waals surface area (Å²) < 4.78 is 0. The van der Waals surface area contributed by atoms with E-state index < -0.39 is 15.9 Å². The molecule has 11 nitrogen and oxygen atoms in total. The number of nitrogens with one attached hydrogen (secondary N) is 2. The molecule has 0 aliphatic rings. The van der Waals surface area contributed by atoms with Crippen LogP contribution in [0.2, 0.25) is 0 Å². The van der Waals surface area contributed by atoms with Gasteiger partial charge in [-0.25, -0.2) is 15.6 Å². The molecule has 0 saturated carbocycles. The Kier molecular flexibility index (Phi) is 6.47. The Morgan fingerprint density at radius 3 is 1.36 bits per heavy atom. The fraction of sp³-hybridized carbons (Fsp3) is 0.118. The zero-order chi connectivity index (χ0) is 20.7. The average Bonchev–Trinajstić information content (AvgIpc) is 2.70. The molecule has 0 heterocycles. The fourth-order valence-electron chi connectivity index (χ4n) is 2.07. The first-order valence-electron chi connectivity index (χ1n) is 7.92. The van der Waals surface area contributed by atoms with Crippen molar-refractivity contribution in [2.24, 2.45) is 10.2 Å². The lowest BCUT2D eigenvalue weighted by Crippen LogP contribution is -2.30. The van der Waals surface area contributed by atoms with E-state index in [1.165, 1.54) is 48.5 Å². The minimum Gasteiger partial charge on any atom is -0.258 e. The molecule has 0 saturated heterocycles. The number of hydrogen-bond acceptors (Lipinski definition) is 7. The molecule has 0 bridgehead atoms. The van der Waals surface area contributed by atoms with Crippen molar-refractivity contribution < 1.29 is 14.6 Å². The standard InChI is InChI=1S/C17H16N6O5/c1-11(13-3-7-15(8-4-13)22(25)26)18-20-17(24)21-19-12(2)14-5-9-16(10-6-14)23(27)28/h3-10H,1-2H3,(H2,20,21,24)/b18-11+,19-12+. The highest BCUT2D eigenvalue weighted by Gasteiger charge is 2.07. The summed E-state index contributed by atoms with van der Waals surface area (Å²) in [5.74, 6) is 0. The summed E-state index contributed by atoms with van der Waals surface area (Å²) in [6, 6.07) is 10.8. The fourth-order valence-corrected chi connectivity index (χ4v) is 2.07. The second-order valence-corrected chi connectivity index (χ2v) is 5.56. The van der Waals surface area contributed by atoms with Gasteiger partial charge in [0, 0.05) is 24.3 Å². The molecule has 2 aromatic rings. The van der Waals surface area contributed by atoms with Gasteiger partial charge in [0.1, 0.15) is 0 Å². The second kappa shape index (κ2) is 8.98. The van der Waals surface area contributed by atoms with Gasteiger partial charge in [-0.15, -0.1) is 0 Å². The Bertz CT molecular complexity index is 874. The molecule has 144 valence electrons. The number of hydrogen-bond donors (Lipinski definition) is 2. The van der Waals surface area contributed by atoms with E-state index in [0.717, 1.165) is 0 Å². The molecule has 2 N–H and O–H groups in total. The van der Waals surface area contributed by atoms with Gasteiger partial charge in [-0.1, -0.05) is 0 Å². The van der Waals surface area contributed by atoms with Crippen LogP contribution in [0.4, 0.5) is 16.2 Å². The van der Waals surface area contributed by atoms with Gasteiger partial charge in [0.05, 0.1) is 21.3 Å². The second-order valence-electron chi connectivity index (χ2n) is 5.56. The number of non-ortho nitro benzene ring substituents is 2. The molecule has 0 atom stereocenters. The molecule has 28 heavy (non-hydrogen) atoms. The quantitative estimate of drug-likeness (QED) is 0.445. The molecule has 0 aliphatic carbocycles. The number of urea groups is 1. The van der Waals surface area contributed by atoms with Crippen molar-refractivity contribution in [1.29, 1.82) is 0 Å². The number of nitro benzene ring substituents is 2. The summed E-state index contributed by atoms with van der Waals surface area (Å²) in [6.07, 6.45) is 0. The number of nitro groups is 2. The number of amides is 2. The van der Waals surface area contributed by atoms with E-state index in [1.54, 1.807) is 13.8 Å². The Morgan fingerprint density at radius 1 is 0.750 bits per heavy atom. The molecular weight excluding hydrogens is 368 g/mol. The molecule has 11 heteroatoms. The third-order valence-electron chi connectivity index (χ3n) is 3.64. The van der Waals surface area contributed by atoms with Crippen LogP contribution in [0.3, 0.4) is 0 Å². The molecule has 0 unspecified atom stereocenters. The Morgan fingerprint density at radius 2 is 1.07 bits per heavy atom. The van der Waals surface area contributed by atoms with Crippen molar-refractivity contribution in [1.82, 2.24) is 10.9 Å². The van der Waals surface area contributed by atoms with Crippen molar-refractivity contribution in [2.75, 3.05) is 0 Å².